The third kappa shape index (κ3) is 3.18. The molecule has 5 heteroatoms. The number of ether oxygens (including phenoxy) is 1. The highest BCUT2D eigenvalue weighted by molar-refractivity contribution is 6.22. The zero-order chi connectivity index (χ0) is 18.1. The average Bonchev–Trinajstić information content (AvgIpc) is 2.82. The molecule has 2 aromatic rings. The molecule has 1 aliphatic heterocycles. The maximum Gasteiger partial charge on any atom is 0.331 e. The van der Waals surface area contributed by atoms with E-state index in [9.17, 15) is 14.4 Å². The minimum absolute atomic E-state index is 0.300. The molecule has 25 heavy (non-hydrogen) atoms. The van der Waals surface area contributed by atoms with Gasteiger partial charge in [0, 0.05) is 0 Å². The van der Waals surface area contributed by atoms with Crippen molar-refractivity contribution in [3.8, 4) is 5.75 Å². The van der Waals surface area contributed by atoms with Gasteiger partial charge in [-0.3, -0.25) is 14.5 Å². The van der Waals surface area contributed by atoms with Crippen LogP contribution < -0.4 is 4.74 Å². The third-order valence-electron chi connectivity index (χ3n) is 4.27. The monoisotopic (exact) mass is 337 g/mol. The fourth-order valence-corrected chi connectivity index (χ4v) is 2.75. The fraction of sp³-hybridized carbons (Fsp3) is 0.250. The number of carbonyl (C=O) groups is 3. The van der Waals surface area contributed by atoms with Crippen molar-refractivity contribution in [1.29, 1.82) is 0 Å². The Labute approximate surface area is 146 Å². The predicted molar refractivity (Wildman–Crippen MR) is 92.7 cm³/mol. The van der Waals surface area contributed by atoms with E-state index in [0.29, 0.717) is 22.8 Å². The number of amides is 2. The van der Waals surface area contributed by atoms with Crippen LogP contribution in [0.15, 0.2) is 42.5 Å². The molecule has 0 unspecified atom stereocenters. The first kappa shape index (κ1) is 16.9. The molecule has 1 heterocycles. The molecule has 0 N–H and O–H groups in total. The minimum Gasteiger partial charge on any atom is -0.425 e. The molecule has 0 bridgehead atoms. The van der Waals surface area contributed by atoms with Crippen LogP contribution in [0.25, 0.3) is 0 Å². The largest absolute Gasteiger partial charge is 0.425 e. The van der Waals surface area contributed by atoms with Crippen LogP contribution in [0.4, 0.5) is 0 Å². The van der Waals surface area contributed by atoms with Crippen molar-refractivity contribution >= 4 is 17.8 Å². The molecule has 0 aliphatic carbocycles. The van der Waals surface area contributed by atoms with Gasteiger partial charge in [-0.1, -0.05) is 38.1 Å². The standard InChI is InChI=1S/C20H19NO4/c1-12(2)14-9-8-13(3)17(10-14)25-18(22)11-21-19(23)15-6-4-5-7-16(15)20(21)24/h4-10,12H,11H2,1-3H3. The lowest BCUT2D eigenvalue weighted by Gasteiger charge is -2.15. The molecule has 2 amide bonds. The number of imide groups is 1. The average molecular weight is 337 g/mol. The quantitative estimate of drug-likeness (QED) is 0.488. The van der Waals surface area contributed by atoms with Crippen LogP contribution in [0.3, 0.4) is 0 Å². The summed E-state index contributed by atoms with van der Waals surface area (Å²) in [6, 6.07) is 12.2. The Bertz CT molecular complexity index is 835. The van der Waals surface area contributed by atoms with E-state index in [1.165, 1.54) is 0 Å². The van der Waals surface area contributed by atoms with Crippen LogP contribution >= 0.6 is 0 Å². The van der Waals surface area contributed by atoms with E-state index in [1.807, 2.05) is 25.1 Å². The van der Waals surface area contributed by atoms with Crippen molar-refractivity contribution in [3.05, 3.63) is 64.7 Å². The molecule has 0 fully saturated rings. The highest BCUT2D eigenvalue weighted by atomic mass is 16.5. The summed E-state index contributed by atoms with van der Waals surface area (Å²) < 4.78 is 5.41. The van der Waals surface area contributed by atoms with Crippen LogP contribution in [0.5, 0.6) is 5.75 Å². The number of nitrogens with zero attached hydrogens (tertiary/aromatic N) is 1. The van der Waals surface area contributed by atoms with Crippen molar-refractivity contribution in [2.45, 2.75) is 26.7 Å². The van der Waals surface area contributed by atoms with Crippen molar-refractivity contribution in [2.75, 3.05) is 6.54 Å². The molecule has 0 aromatic heterocycles. The van der Waals surface area contributed by atoms with Gasteiger partial charge in [0.25, 0.3) is 11.8 Å². The van der Waals surface area contributed by atoms with Gasteiger partial charge in [0.05, 0.1) is 11.1 Å². The van der Waals surface area contributed by atoms with Gasteiger partial charge in [-0.05, 0) is 42.2 Å². The predicted octanol–water partition coefficient (Wildman–Crippen LogP) is 3.32. The summed E-state index contributed by atoms with van der Waals surface area (Å²) in [7, 11) is 0. The molecule has 1 aliphatic rings. The Kier molecular flexibility index (Phi) is 4.40. The van der Waals surface area contributed by atoms with Crippen molar-refractivity contribution in [2.24, 2.45) is 0 Å². The van der Waals surface area contributed by atoms with Gasteiger partial charge in [0.1, 0.15) is 12.3 Å². The van der Waals surface area contributed by atoms with Gasteiger partial charge in [-0.2, -0.15) is 0 Å². The summed E-state index contributed by atoms with van der Waals surface area (Å²) in [5.74, 6) is -0.823. The molecule has 2 aromatic carbocycles. The molecule has 0 atom stereocenters. The summed E-state index contributed by atoms with van der Waals surface area (Å²) in [6.07, 6.45) is 0. The zero-order valence-corrected chi connectivity index (χ0v) is 14.4. The van der Waals surface area contributed by atoms with Gasteiger partial charge >= 0.3 is 5.97 Å². The molecular weight excluding hydrogens is 318 g/mol. The number of benzene rings is 2. The number of carbonyl (C=O) groups excluding carboxylic acids is 3. The van der Waals surface area contributed by atoms with E-state index < -0.39 is 24.3 Å². The first-order valence-electron chi connectivity index (χ1n) is 8.15. The Balaban J connectivity index is 1.75. The lowest BCUT2D eigenvalue weighted by Crippen LogP contribution is -2.36. The second-order valence-electron chi connectivity index (χ2n) is 6.40. The maximum absolute atomic E-state index is 12.3. The first-order valence-corrected chi connectivity index (χ1v) is 8.15. The van der Waals surface area contributed by atoms with E-state index in [1.54, 1.807) is 24.3 Å². The lowest BCUT2D eigenvalue weighted by atomic mass is 10.0. The number of esters is 1. The van der Waals surface area contributed by atoms with E-state index in [-0.39, 0.29) is 0 Å². The Morgan fingerprint density at radius 1 is 1.04 bits per heavy atom. The number of hydrogen-bond acceptors (Lipinski definition) is 4. The van der Waals surface area contributed by atoms with Crippen LogP contribution in [0.2, 0.25) is 0 Å². The topological polar surface area (TPSA) is 63.7 Å². The Hall–Kier alpha value is -2.95. The molecule has 3 rings (SSSR count). The van der Waals surface area contributed by atoms with E-state index in [4.69, 9.17) is 4.74 Å². The smallest absolute Gasteiger partial charge is 0.331 e. The molecule has 128 valence electrons. The second kappa shape index (κ2) is 6.51. The van der Waals surface area contributed by atoms with Crippen molar-refractivity contribution in [1.82, 2.24) is 4.90 Å². The Morgan fingerprint density at radius 2 is 1.64 bits per heavy atom. The van der Waals surface area contributed by atoms with E-state index in [2.05, 4.69) is 13.8 Å². The Morgan fingerprint density at radius 3 is 2.20 bits per heavy atom. The first-order chi connectivity index (χ1) is 11.9. The van der Waals surface area contributed by atoms with E-state index in [0.717, 1.165) is 16.0 Å². The van der Waals surface area contributed by atoms with Crippen molar-refractivity contribution < 1.29 is 19.1 Å². The van der Waals surface area contributed by atoms with Crippen LogP contribution in [0, 0.1) is 6.92 Å². The number of hydrogen-bond donors (Lipinski definition) is 0. The second-order valence-corrected chi connectivity index (χ2v) is 6.40. The molecule has 5 nitrogen and oxygen atoms in total. The van der Waals surface area contributed by atoms with Crippen LogP contribution in [-0.4, -0.2) is 29.2 Å². The summed E-state index contributed by atoms with van der Waals surface area (Å²) in [6.45, 7) is 5.54. The molecule has 0 radical (unpaired) electrons. The molecular formula is C20H19NO4. The van der Waals surface area contributed by atoms with Gasteiger partial charge in [-0.15, -0.1) is 0 Å². The third-order valence-corrected chi connectivity index (χ3v) is 4.27. The maximum atomic E-state index is 12.3. The summed E-state index contributed by atoms with van der Waals surface area (Å²) in [5, 5.41) is 0. The molecule has 0 saturated carbocycles. The number of fused-ring (bicyclic) bond motifs is 1. The van der Waals surface area contributed by atoms with Gasteiger partial charge in [0.2, 0.25) is 0 Å². The summed E-state index contributed by atoms with van der Waals surface area (Å²) in [4.78, 5) is 37.8. The summed E-state index contributed by atoms with van der Waals surface area (Å²) in [5.41, 5.74) is 2.51. The summed E-state index contributed by atoms with van der Waals surface area (Å²) >= 11 is 0. The van der Waals surface area contributed by atoms with Gasteiger partial charge in [0.15, 0.2) is 0 Å². The van der Waals surface area contributed by atoms with Gasteiger partial charge < -0.3 is 4.74 Å². The molecule has 0 saturated heterocycles. The SMILES string of the molecule is Cc1ccc(C(C)C)cc1OC(=O)CN1C(=O)c2ccccc2C1=O. The van der Waals surface area contributed by atoms with Crippen LogP contribution in [0.1, 0.15) is 51.6 Å². The van der Waals surface area contributed by atoms with Crippen molar-refractivity contribution in [3.63, 3.8) is 0 Å². The van der Waals surface area contributed by atoms with Crippen LogP contribution in [-0.2, 0) is 4.79 Å². The normalized spacial score (nSPS) is 13.4. The number of rotatable bonds is 4. The highest BCUT2D eigenvalue weighted by Gasteiger charge is 2.36. The highest BCUT2D eigenvalue weighted by Crippen LogP contribution is 2.25. The lowest BCUT2D eigenvalue weighted by molar-refractivity contribution is -0.134. The molecule has 0 spiro atoms. The minimum atomic E-state index is -0.640. The fourth-order valence-electron chi connectivity index (χ4n) is 2.75. The van der Waals surface area contributed by atoms with Gasteiger partial charge in [-0.25, -0.2) is 4.79 Å². The van der Waals surface area contributed by atoms with E-state index >= 15 is 0 Å². The zero-order valence-electron chi connectivity index (χ0n) is 14.4. The number of aryl methyl sites for hydroxylation is 1.